The van der Waals surface area contributed by atoms with Gasteiger partial charge in [0.1, 0.15) is 17.2 Å². The second-order valence-electron chi connectivity index (χ2n) is 4.89. The number of carbonyl (C=O) groups excluding carboxylic acids is 1. The van der Waals surface area contributed by atoms with Crippen molar-refractivity contribution in [1.82, 2.24) is 5.43 Å². The number of rotatable bonds is 7. The van der Waals surface area contributed by atoms with Gasteiger partial charge in [0.05, 0.1) is 31.5 Å². The summed E-state index contributed by atoms with van der Waals surface area (Å²) in [6.07, 6.45) is 1.51. The van der Waals surface area contributed by atoms with E-state index in [0.29, 0.717) is 29.2 Å². The molecule has 132 valence electrons. The normalized spacial score (nSPS) is 10.6. The predicted molar refractivity (Wildman–Crippen MR) is 99.9 cm³/mol. The van der Waals surface area contributed by atoms with E-state index >= 15 is 0 Å². The Balaban J connectivity index is 2.07. The molecule has 0 aliphatic rings. The summed E-state index contributed by atoms with van der Waals surface area (Å²) in [5.74, 6) is 1.63. The van der Waals surface area contributed by atoms with E-state index in [1.54, 1.807) is 50.6 Å². The molecule has 25 heavy (non-hydrogen) atoms. The largest absolute Gasteiger partial charge is 0.496 e. The molecule has 6 nitrogen and oxygen atoms in total. The molecule has 0 unspecified atom stereocenters. The monoisotopic (exact) mass is 406 g/mol. The summed E-state index contributed by atoms with van der Waals surface area (Å²) in [6, 6.07) is 10.4. The van der Waals surface area contributed by atoms with Crippen LogP contribution in [0.5, 0.6) is 17.2 Å². The summed E-state index contributed by atoms with van der Waals surface area (Å²) in [4.78, 5) is 12.1. The lowest BCUT2D eigenvalue weighted by Crippen LogP contribution is -2.17. The van der Waals surface area contributed by atoms with E-state index < -0.39 is 0 Å². The fourth-order valence-electron chi connectivity index (χ4n) is 2.08. The van der Waals surface area contributed by atoms with Crippen LogP contribution in [0.25, 0.3) is 0 Å². The quantitative estimate of drug-likeness (QED) is 0.562. The number of nitrogens with one attached hydrogen (secondary N) is 1. The van der Waals surface area contributed by atoms with Gasteiger partial charge in [0.2, 0.25) is 0 Å². The van der Waals surface area contributed by atoms with Gasteiger partial charge in [-0.1, -0.05) is 0 Å². The minimum absolute atomic E-state index is 0.314. The number of amides is 1. The number of hydrogen-bond acceptors (Lipinski definition) is 5. The third-order valence-electron chi connectivity index (χ3n) is 3.30. The Hall–Kier alpha value is -2.54. The van der Waals surface area contributed by atoms with Gasteiger partial charge in [0.25, 0.3) is 5.91 Å². The van der Waals surface area contributed by atoms with Crippen LogP contribution in [-0.4, -0.2) is 32.9 Å². The van der Waals surface area contributed by atoms with Gasteiger partial charge in [0, 0.05) is 17.2 Å². The minimum atomic E-state index is -0.314. The maximum Gasteiger partial charge on any atom is 0.271 e. The molecule has 0 saturated carbocycles. The third kappa shape index (κ3) is 4.96. The van der Waals surface area contributed by atoms with Crippen molar-refractivity contribution in [3.05, 3.63) is 52.0 Å². The summed E-state index contributed by atoms with van der Waals surface area (Å²) in [6.45, 7) is 2.48. The molecule has 0 spiro atoms. The van der Waals surface area contributed by atoms with Gasteiger partial charge in [-0.3, -0.25) is 4.79 Å². The van der Waals surface area contributed by atoms with Crippen molar-refractivity contribution in [1.29, 1.82) is 0 Å². The van der Waals surface area contributed by atoms with E-state index in [-0.39, 0.29) is 5.91 Å². The molecule has 1 amide bonds. The lowest BCUT2D eigenvalue weighted by molar-refractivity contribution is 0.0955. The minimum Gasteiger partial charge on any atom is -0.496 e. The van der Waals surface area contributed by atoms with E-state index in [0.717, 1.165) is 10.2 Å². The van der Waals surface area contributed by atoms with Crippen LogP contribution < -0.4 is 19.6 Å². The van der Waals surface area contributed by atoms with Crippen LogP contribution >= 0.6 is 15.9 Å². The lowest BCUT2D eigenvalue weighted by Gasteiger charge is -2.09. The van der Waals surface area contributed by atoms with Crippen LogP contribution in [0.4, 0.5) is 0 Å². The molecular weight excluding hydrogens is 388 g/mol. The van der Waals surface area contributed by atoms with Crippen LogP contribution in [0.3, 0.4) is 0 Å². The van der Waals surface area contributed by atoms with Crippen molar-refractivity contribution in [3.63, 3.8) is 0 Å². The highest BCUT2D eigenvalue weighted by molar-refractivity contribution is 9.10. The Labute approximate surface area is 154 Å². The molecule has 0 aliphatic carbocycles. The summed E-state index contributed by atoms with van der Waals surface area (Å²) >= 11 is 3.41. The van der Waals surface area contributed by atoms with Gasteiger partial charge >= 0.3 is 0 Å². The van der Waals surface area contributed by atoms with E-state index in [2.05, 4.69) is 26.5 Å². The average Bonchev–Trinajstić information content (AvgIpc) is 2.62. The Morgan fingerprint density at radius 2 is 1.84 bits per heavy atom. The topological polar surface area (TPSA) is 69.2 Å². The molecule has 2 rings (SSSR count). The summed E-state index contributed by atoms with van der Waals surface area (Å²) in [5.41, 5.74) is 3.67. The molecule has 0 radical (unpaired) electrons. The highest BCUT2D eigenvalue weighted by Gasteiger charge is 2.09. The first kappa shape index (κ1) is 18.8. The predicted octanol–water partition coefficient (Wildman–Crippen LogP) is 3.63. The first-order valence-electron chi connectivity index (χ1n) is 7.56. The molecular formula is C18H19BrN2O4. The maximum absolute atomic E-state index is 12.1. The molecule has 1 N–H and O–H groups in total. The molecule has 7 heteroatoms. The molecule has 0 aliphatic heterocycles. The number of ether oxygens (including phenoxy) is 3. The van der Waals surface area contributed by atoms with Gasteiger partial charge in [0.15, 0.2) is 0 Å². The smallest absolute Gasteiger partial charge is 0.271 e. The maximum atomic E-state index is 12.1. The average molecular weight is 407 g/mol. The fraction of sp³-hybridized carbons (Fsp3) is 0.222. The zero-order valence-electron chi connectivity index (χ0n) is 14.2. The first-order valence-corrected chi connectivity index (χ1v) is 8.36. The molecule has 2 aromatic carbocycles. The van der Waals surface area contributed by atoms with Crippen molar-refractivity contribution in [2.45, 2.75) is 6.92 Å². The Morgan fingerprint density at radius 3 is 2.44 bits per heavy atom. The summed E-state index contributed by atoms with van der Waals surface area (Å²) in [5, 5.41) is 3.98. The van der Waals surface area contributed by atoms with E-state index in [9.17, 15) is 4.79 Å². The summed E-state index contributed by atoms with van der Waals surface area (Å²) in [7, 11) is 3.13. The Morgan fingerprint density at radius 1 is 1.16 bits per heavy atom. The number of methoxy groups -OCH3 is 2. The number of hydrogen-bond donors (Lipinski definition) is 1. The summed E-state index contributed by atoms with van der Waals surface area (Å²) < 4.78 is 16.6. The van der Waals surface area contributed by atoms with Crippen molar-refractivity contribution in [3.8, 4) is 17.2 Å². The lowest BCUT2D eigenvalue weighted by atomic mass is 10.2. The number of halogens is 1. The van der Waals surface area contributed by atoms with Gasteiger partial charge in [-0.05, 0) is 53.2 Å². The molecule has 0 aromatic heterocycles. The van der Waals surface area contributed by atoms with Crippen LogP contribution in [-0.2, 0) is 0 Å². The Bertz CT molecular complexity index is 760. The number of nitrogens with zero attached hydrogens (tertiary/aromatic N) is 1. The van der Waals surface area contributed by atoms with Crippen molar-refractivity contribution < 1.29 is 19.0 Å². The highest BCUT2D eigenvalue weighted by atomic mass is 79.9. The SMILES string of the molecule is CCOc1ccc(C(=O)NN=Cc2cc(Br)c(OC)cc2OC)cc1. The highest BCUT2D eigenvalue weighted by Crippen LogP contribution is 2.31. The van der Waals surface area contributed by atoms with Crippen molar-refractivity contribution >= 4 is 28.1 Å². The van der Waals surface area contributed by atoms with Gasteiger partial charge < -0.3 is 14.2 Å². The molecule has 0 atom stereocenters. The first-order chi connectivity index (χ1) is 12.1. The number of benzene rings is 2. The molecule has 0 heterocycles. The Kier molecular flexibility index (Phi) is 6.82. The standard InChI is InChI=1S/C18H19BrN2O4/c1-4-25-14-7-5-12(6-8-14)18(22)21-20-11-13-9-15(19)17(24-3)10-16(13)23-2/h5-11H,4H2,1-3H3,(H,21,22). The van der Waals surface area contributed by atoms with Gasteiger partial charge in [-0.2, -0.15) is 5.10 Å². The zero-order chi connectivity index (χ0) is 18.2. The molecule has 2 aromatic rings. The third-order valence-corrected chi connectivity index (χ3v) is 3.92. The second-order valence-corrected chi connectivity index (χ2v) is 5.74. The van der Waals surface area contributed by atoms with Crippen LogP contribution in [0, 0.1) is 0 Å². The van der Waals surface area contributed by atoms with Crippen LogP contribution in [0.1, 0.15) is 22.8 Å². The van der Waals surface area contributed by atoms with Crippen molar-refractivity contribution in [2.24, 2.45) is 5.10 Å². The van der Waals surface area contributed by atoms with Gasteiger partial charge in [-0.25, -0.2) is 5.43 Å². The molecule has 0 saturated heterocycles. The number of carbonyl (C=O) groups is 1. The van der Waals surface area contributed by atoms with Crippen molar-refractivity contribution in [2.75, 3.05) is 20.8 Å². The number of hydrazone groups is 1. The molecule has 0 bridgehead atoms. The van der Waals surface area contributed by atoms with Crippen LogP contribution in [0.15, 0.2) is 46.0 Å². The van der Waals surface area contributed by atoms with E-state index in [4.69, 9.17) is 14.2 Å². The second kappa shape index (κ2) is 9.08. The van der Waals surface area contributed by atoms with E-state index in [1.807, 2.05) is 6.92 Å². The van der Waals surface area contributed by atoms with Gasteiger partial charge in [-0.15, -0.1) is 0 Å². The molecule has 0 fully saturated rings. The van der Waals surface area contributed by atoms with Crippen LogP contribution in [0.2, 0.25) is 0 Å². The zero-order valence-corrected chi connectivity index (χ0v) is 15.8. The fourth-order valence-corrected chi connectivity index (χ4v) is 2.60. The van der Waals surface area contributed by atoms with E-state index in [1.165, 1.54) is 6.21 Å².